The molecule has 2 N–H and O–H groups in total. The molecule has 1 aliphatic heterocycles. The Balaban J connectivity index is 2.14. The summed E-state index contributed by atoms with van der Waals surface area (Å²) in [6.45, 7) is 5.35. The van der Waals surface area contributed by atoms with Gasteiger partial charge in [0.2, 0.25) is 0 Å². The van der Waals surface area contributed by atoms with E-state index in [1.807, 2.05) is 12.1 Å². The van der Waals surface area contributed by atoms with Crippen molar-refractivity contribution in [3.63, 3.8) is 0 Å². The van der Waals surface area contributed by atoms with Crippen molar-refractivity contribution in [2.75, 3.05) is 18.5 Å². The van der Waals surface area contributed by atoms with Crippen molar-refractivity contribution in [3.05, 3.63) is 29.8 Å². The van der Waals surface area contributed by atoms with Crippen LogP contribution in [0.2, 0.25) is 0 Å². The third-order valence-electron chi connectivity index (χ3n) is 2.97. The van der Waals surface area contributed by atoms with Crippen molar-refractivity contribution in [1.29, 1.82) is 0 Å². The Hall–Kier alpha value is -1.06. The predicted molar refractivity (Wildman–Crippen MR) is 64.8 cm³/mol. The van der Waals surface area contributed by atoms with Crippen molar-refractivity contribution in [1.82, 2.24) is 0 Å². The van der Waals surface area contributed by atoms with Crippen LogP contribution in [0.3, 0.4) is 0 Å². The second kappa shape index (κ2) is 4.85. The molecule has 0 saturated carbocycles. The lowest BCUT2D eigenvalue weighted by molar-refractivity contribution is 0.125. The molecule has 0 spiro atoms. The summed E-state index contributed by atoms with van der Waals surface area (Å²) >= 11 is 0. The molecule has 1 saturated heterocycles. The van der Waals surface area contributed by atoms with E-state index in [9.17, 15) is 5.11 Å². The molecule has 0 unspecified atom stereocenters. The summed E-state index contributed by atoms with van der Waals surface area (Å²) in [5.41, 5.74) is 2.38. The summed E-state index contributed by atoms with van der Waals surface area (Å²) in [5.74, 6) is 0.475. The number of aliphatic hydroxyl groups excluding tert-OH is 1. The lowest BCUT2D eigenvalue weighted by atomic mass is 10.0. The fourth-order valence-corrected chi connectivity index (χ4v) is 2.01. The standard InChI is InChI=1S/C13H19NO2/c1-9(2)10-5-3-4-6-11(10)14-12-7-16-8-13(12)15/h3-6,9,12-15H,7-8H2,1-2H3/t12-,13-/m1/s1. The number of anilines is 1. The molecule has 1 heterocycles. The van der Waals surface area contributed by atoms with Crippen LogP contribution in [0.25, 0.3) is 0 Å². The average molecular weight is 221 g/mol. The van der Waals surface area contributed by atoms with Crippen molar-refractivity contribution in [2.24, 2.45) is 0 Å². The van der Waals surface area contributed by atoms with Crippen LogP contribution in [0.1, 0.15) is 25.3 Å². The quantitative estimate of drug-likeness (QED) is 0.820. The molecule has 2 atom stereocenters. The van der Waals surface area contributed by atoms with Gasteiger partial charge in [0.25, 0.3) is 0 Å². The molecular formula is C13H19NO2. The Morgan fingerprint density at radius 3 is 2.69 bits per heavy atom. The van der Waals surface area contributed by atoms with E-state index in [0.29, 0.717) is 19.1 Å². The van der Waals surface area contributed by atoms with E-state index in [4.69, 9.17) is 4.74 Å². The van der Waals surface area contributed by atoms with Gasteiger partial charge >= 0.3 is 0 Å². The summed E-state index contributed by atoms with van der Waals surface area (Å²) in [7, 11) is 0. The van der Waals surface area contributed by atoms with Crippen molar-refractivity contribution < 1.29 is 9.84 Å². The van der Waals surface area contributed by atoms with Gasteiger partial charge < -0.3 is 15.2 Å². The molecule has 0 aliphatic carbocycles. The van der Waals surface area contributed by atoms with Gasteiger partial charge in [-0.05, 0) is 17.5 Å². The van der Waals surface area contributed by atoms with Gasteiger partial charge in [-0.15, -0.1) is 0 Å². The van der Waals surface area contributed by atoms with E-state index in [2.05, 4.69) is 31.3 Å². The third-order valence-corrected chi connectivity index (χ3v) is 2.97. The number of para-hydroxylation sites is 1. The molecule has 1 aromatic rings. The van der Waals surface area contributed by atoms with E-state index in [1.165, 1.54) is 5.56 Å². The number of ether oxygens (including phenoxy) is 1. The van der Waals surface area contributed by atoms with E-state index < -0.39 is 6.10 Å². The number of hydrogen-bond donors (Lipinski definition) is 2. The van der Waals surface area contributed by atoms with Crippen molar-refractivity contribution in [3.8, 4) is 0 Å². The largest absolute Gasteiger partial charge is 0.388 e. The first-order valence-electron chi connectivity index (χ1n) is 5.79. The highest BCUT2D eigenvalue weighted by Crippen LogP contribution is 2.25. The average Bonchev–Trinajstić information content (AvgIpc) is 2.65. The van der Waals surface area contributed by atoms with E-state index in [-0.39, 0.29) is 6.04 Å². The summed E-state index contributed by atoms with van der Waals surface area (Å²) in [4.78, 5) is 0. The highest BCUT2D eigenvalue weighted by molar-refractivity contribution is 5.53. The SMILES string of the molecule is CC(C)c1ccccc1N[C@@H]1COC[C@H]1O. The molecule has 1 fully saturated rings. The number of nitrogens with one attached hydrogen (secondary N) is 1. The maximum absolute atomic E-state index is 9.69. The van der Waals surface area contributed by atoms with E-state index in [0.717, 1.165) is 5.69 Å². The Bertz CT molecular complexity index is 352. The summed E-state index contributed by atoms with van der Waals surface area (Å²) in [5, 5.41) is 13.1. The van der Waals surface area contributed by atoms with Gasteiger partial charge in [-0.3, -0.25) is 0 Å². The van der Waals surface area contributed by atoms with Crippen molar-refractivity contribution in [2.45, 2.75) is 31.9 Å². The fraction of sp³-hybridized carbons (Fsp3) is 0.538. The molecule has 0 bridgehead atoms. The van der Waals surface area contributed by atoms with Crippen LogP contribution in [0.4, 0.5) is 5.69 Å². The van der Waals surface area contributed by atoms with E-state index >= 15 is 0 Å². The van der Waals surface area contributed by atoms with Gasteiger partial charge in [0.15, 0.2) is 0 Å². The minimum absolute atomic E-state index is 0.0138. The van der Waals surface area contributed by atoms with Crippen LogP contribution >= 0.6 is 0 Å². The normalized spacial score (nSPS) is 25.0. The topological polar surface area (TPSA) is 41.5 Å². The zero-order valence-electron chi connectivity index (χ0n) is 9.81. The molecule has 88 valence electrons. The maximum atomic E-state index is 9.69. The van der Waals surface area contributed by atoms with Gasteiger partial charge in [0, 0.05) is 5.69 Å². The van der Waals surface area contributed by atoms with Crippen molar-refractivity contribution >= 4 is 5.69 Å². The molecule has 2 rings (SSSR count). The molecule has 0 aromatic heterocycles. The molecule has 1 aromatic carbocycles. The van der Waals surface area contributed by atoms with Crippen LogP contribution in [0.15, 0.2) is 24.3 Å². The lowest BCUT2D eigenvalue weighted by Crippen LogP contribution is -2.32. The lowest BCUT2D eigenvalue weighted by Gasteiger charge is -2.20. The predicted octanol–water partition coefficient (Wildman–Crippen LogP) is 1.98. The van der Waals surface area contributed by atoms with Gasteiger partial charge in [-0.1, -0.05) is 32.0 Å². The molecule has 3 heteroatoms. The molecule has 3 nitrogen and oxygen atoms in total. The fourth-order valence-electron chi connectivity index (χ4n) is 2.01. The Labute approximate surface area is 96.4 Å². The monoisotopic (exact) mass is 221 g/mol. The van der Waals surface area contributed by atoms with Gasteiger partial charge in [-0.2, -0.15) is 0 Å². The summed E-state index contributed by atoms with van der Waals surface area (Å²) in [6, 6.07) is 8.24. The molecule has 0 radical (unpaired) electrons. The van der Waals surface area contributed by atoms with Gasteiger partial charge in [-0.25, -0.2) is 0 Å². The second-order valence-corrected chi connectivity index (χ2v) is 4.60. The zero-order valence-corrected chi connectivity index (χ0v) is 9.81. The maximum Gasteiger partial charge on any atom is 0.0996 e. The number of hydrogen-bond acceptors (Lipinski definition) is 3. The van der Waals surface area contributed by atoms with Crippen LogP contribution in [0, 0.1) is 0 Å². The Morgan fingerprint density at radius 2 is 2.06 bits per heavy atom. The summed E-state index contributed by atoms with van der Waals surface area (Å²) < 4.78 is 5.23. The highest BCUT2D eigenvalue weighted by Gasteiger charge is 2.26. The van der Waals surface area contributed by atoms with Gasteiger partial charge in [0.1, 0.15) is 0 Å². The minimum atomic E-state index is -0.403. The highest BCUT2D eigenvalue weighted by atomic mass is 16.5. The van der Waals surface area contributed by atoms with Crippen LogP contribution in [-0.4, -0.2) is 30.5 Å². The number of aliphatic hydroxyl groups is 1. The first-order chi connectivity index (χ1) is 7.68. The summed E-state index contributed by atoms with van der Waals surface area (Å²) in [6.07, 6.45) is -0.403. The molecule has 16 heavy (non-hydrogen) atoms. The van der Waals surface area contributed by atoms with Crippen LogP contribution in [-0.2, 0) is 4.74 Å². The molecular weight excluding hydrogens is 202 g/mol. The molecule has 0 amide bonds. The first-order valence-corrected chi connectivity index (χ1v) is 5.79. The Morgan fingerprint density at radius 1 is 1.31 bits per heavy atom. The zero-order chi connectivity index (χ0) is 11.5. The Kier molecular flexibility index (Phi) is 3.46. The number of rotatable bonds is 3. The minimum Gasteiger partial charge on any atom is -0.388 e. The second-order valence-electron chi connectivity index (χ2n) is 4.60. The third kappa shape index (κ3) is 2.36. The number of benzene rings is 1. The smallest absolute Gasteiger partial charge is 0.0996 e. The van der Waals surface area contributed by atoms with E-state index in [1.54, 1.807) is 0 Å². The molecule has 1 aliphatic rings. The van der Waals surface area contributed by atoms with Crippen LogP contribution in [0.5, 0.6) is 0 Å². The first kappa shape index (κ1) is 11.4. The van der Waals surface area contributed by atoms with Gasteiger partial charge in [0.05, 0.1) is 25.4 Å². The van der Waals surface area contributed by atoms with Crippen LogP contribution < -0.4 is 5.32 Å².